The van der Waals surface area contributed by atoms with Crippen LogP contribution in [0.2, 0.25) is 0 Å². The number of ketones is 1. The minimum atomic E-state index is -0.785. The highest BCUT2D eigenvalue weighted by Crippen LogP contribution is 2.01. The molecule has 0 unspecified atom stereocenters. The molecular weight excluding hydrogens is 116 g/mol. The third-order valence-electron chi connectivity index (χ3n) is 1.08. The Morgan fingerprint density at radius 2 is 1.89 bits per heavy atom. The van der Waals surface area contributed by atoms with Crippen molar-refractivity contribution in [1.82, 2.24) is 0 Å². The Bertz CT molecular complexity index is 95.1. The second-order valence-electron chi connectivity index (χ2n) is 2.74. The normalized spacial score (nSPS) is 13.9. The molecule has 0 saturated heterocycles. The molecule has 0 saturated carbocycles. The van der Waals surface area contributed by atoms with Gasteiger partial charge in [0.1, 0.15) is 6.10 Å². The molecule has 0 aliphatic heterocycles. The van der Waals surface area contributed by atoms with Crippen LogP contribution in [0.15, 0.2) is 0 Å². The van der Waals surface area contributed by atoms with Crippen molar-refractivity contribution in [2.75, 3.05) is 0 Å². The van der Waals surface area contributed by atoms with Gasteiger partial charge in [0.15, 0.2) is 5.78 Å². The van der Waals surface area contributed by atoms with Gasteiger partial charge in [0, 0.05) is 6.42 Å². The van der Waals surface area contributed by atoms with Crippen LogP contribution in [0.1, 0.15) is 27.2 Å². The van der Waals surface area contributed by atoms with Gasteiger partial charge in [-0.1, -0.05) is 13.8 Å². The fraction of sp³-hybridized carbons (Fsp3) is 0.857. The van der Waals surface area contributed by atoms with Crippen LogP contribution in [0.25, 0.3) is 0 Å². The van der Waals surface area contributed by atoms with Crippen LogP contribution in [0, 0.1) is 5.92 Å². The molecule has 2 heteroatoms. The minimum Gasteiger partial charge on any atom is -0.386 e. The van der Waals surface area contributed by atoms with Gasteiger partial charge >= 0.3 is 0 Å². The van der Waals surface area contributed by atoms with Crippen molar-refractivity contribution in [1.29, 1.82) is 0 Å². The summed E-state index contributed by atoms with van der Waals surface area (Å²) in [7, 11) is 0. The Morgan fingerprint density at radius 3 is 2.00 bits per heavy atom. The van der Waals surface area contributed by atoms with E-state index >= 15 is 0 Å². The molecule has 0 radical (unpaired) electrons. The van der Waals surface area contributed by atoms with Crippen LogP contribution in [-0.2, 0) is 4.79 Å². The van der Waals surface area contributed by atoms with Crippen LogP contribution >= 0.6 is 0 Å². The highest BCUT2D eigenvalue weighted by atomic mass is 16.3. The zero-order valence-electron chi connectivity index (χ0n) is 6.22. The first-order valence-corrected chi connectivity index (χ1v) is 3.24. The van der Waals surface area contributed by atoms with Gasteiger partial charge in [0.25, 0.3) is 0 Å². The summed E-state index contributed by atoms with van der Waals surface area (Å²) in [4.78, 5) is 10.7. The van der Waals surface area contributed by atoms with Gasteiger partial charge in [-0.3, -0.25) is 4.79 Å². The van der Waals surface area contributed by atoms with E-state index in [0.717, 1.165) is 0 Å². The minimum absolute atomic E-state index is 0.0648. The van der Waals surface area contributed by atoms with Gasteiger partial charge in [0.05, 0.1) is 0 Å². The van der Waals surface area contributed by atoms with Gasteiger partial charge in [-0.15, -0.1) is 0 Å². The summed E-state index contributed by atoms with van der Waals surface area (Å²) in [5, 5.41) is 8.72. The third-order valence-corrected chi connectivity index (χ3v) is 1.08. The summed E-state index contributed by atoms with van der Waals surface area (Å²) in [6, 6.07) is 0. The first-order chi connectivity index (χ1) is 4.04. The first kappa shape index (κ1) is 8.63. The lowest BCUT2D eigenvalue weighted by molar-refractivity contribution is -0.126. The van der Waals surface area contributed by atoms with Gasteiger partial charge < -0.3 is 5.11 Å². The van der Waals surface area contributed by atoms with Crippen molar-refractivity contribution in [2.24, 2.45) is 5.92 Å². The van der Waals surface area contributed by atoms with E-state index in [9.17, 15) is 4.79 Å². The second-order valence-corrected chi connectivity index (χ2v) is 2.74. The quantitative estimate of drug-likeness (QED) is 0.618. The molecule has 0 aromatic heterocycles. The standard InChI is InChI=1S/C7H14O2/c1-5(2)4-7(9)6(3)8/h5-6,8H,4H2,1-3H3/t6-/m1/s1. The maximum absolute atomic E-state index is 10.7. The van der Waals surface area contributed by atoms with Crippen LogP contribution in [0.5, 0.6) is 0 Å². The van der Waals surface area contributed by atoms with Crippen molar-refractivity contribution in [2.45, 2.75) is 33.3 Å². The van der Waals surface area contributed by atoms with E-state index in [1.54, 1.807) is 0 Å². The smallest absolute Gasteiger partial charge is 0.161 e. The zero-order chi connectivity index (χ0) is 7.44. The second kappa shape index (κ2) is 3.62. The number of hydrogen-bond acceptors (Lipinski definition) is 2. The topological polar surface area (TPSA) is 37.3 Å². The van der Waals surface area contributed by atoms with E-state index in [1.165, 1.54) is 6.92 Å². The molecule has 0 aliphatic carbocycles. The van der Waals surface area contributed by atoms with E-state index in [0.29, 0.717) is 12.3 Å². The van der Waals surface area contributed by atoms with E-state index in [2.05, 4.69) is 0 Å². The largest absolute Gasteiger partial charge is 0.386 e. The number of aliphatic hydroxyl groups excluding tert-OH is 1. The van der Waals surface area contributed by atoms with Gasteiger partial charge in [0.2, 0.25) is 0 Å². The summed E-state index contributed by atoms with van der Waals surface area (Å²) in [6.07, 6.45) is -0.301. The molecule has 1 N–H and O–H groups in total. The van der Waals surface area contributed by atoms with Gasteiger partial charge in [-0.2, -0.15) is 0 Å². The monoisotopic (exact) mass is 130 g/mol. The SMILES string of the molecule is CC(C)CC(=O)[C@@H](C)O. The lowest BCUT2D eigenvalue weighted by atomic mass is 10.0. The van der Waals surface area contributed by atoms with Crippen molar-refractivity contribution in [3.8, 4) is 0 Å². The average Bonchev–Trinajstić information content (AvgIpc) is 1.63. The summed E-state index contributed by atoms with van der Waals surface area (Å²) in [5.74, 6) is 0.289. The van der Waals surface area contributed by atoms with Crippen molar-refractivity contribution in [3.05, 3.63) is 0 Å². The molecule has 2 nitrogen and oxygen atoms in total. The third kappa shape index (κ3) is 4.15. The highest BCUT2D eigenvalue weighted by molar-refractivity contribution is 5.82. The number of carbonyl (C=O) groups is 1. The predicted molar refractivity (Wildman–Crippen MR) is 36.1 cm³/mol. The fourth-order valence-electron chi connectivity index (χ4n) is 0.573. The summed E-state index contributed by atoms with van der Waals surface area (Å²) in [6.45, 7) is 5.42. The Morgan fingerprint density at radius 1 is 1.44 bits per heavy atom. The fourth-order valence-corrected chi connectivity index (χ4v) is 0.573. The first-order valence-electron chi connectivity index (χ1n) is 3.24. The molecule has 0 spiro atoms. The van der Waals surface area contributed by atoms with Crippen molar-refractivity contribution >= 4 is 5.78 Å². The molecule has 0 fully saturated rings. The van der Waals surface area contributed by atoms with Crippen LogP contribution in [0.4, 0.5) is 0 Å². The molecule has 54 valence electrons. The Kier molecular flexibility index (Phi) is 3.47. The van der Waals surface area contributed by atoms with E-state index in [-0.39, 0.29) is 5.78 Å². The molecule has 0 aromatic rings. The number of rotatable bonds is 3. The summed E-state index contributed by atoms with van der Waals surface area (Å²) >= 11 is 0. The number of aliphatic hydroxyl groups is 1. The number of hydrogen-bond donors (Lipinski definition) is 1. The Hall–Kier alpha value is -0.370. The maximum atomic E-state index is 10.7. The highest BCUT2D eigenvalue weighted by Gasteiger charge is 2.09. The molecule has 1 atom stereocenters. The molecule has 0 aromatic carbocycles. The summed E-state index contributed by atoms with van der Waals surface area (Å²) < 4.78 is 0. The molecule has 0 amide bonds. The summed E-state index contributed by atoms with van der Waals surface area (Å²) in [5.41, 5.74) is 0. The molecule has 0 rings (SSSR count). The number of Topliss-reactive ketones (excluding diaryl/α,β-unsaturated/α-hetero) is 1. The Labute approximate surface area is 55.9 Å². The van der Waals surface area contributed by atoms with Crippen LogP contribution in [-0.4, -0.2) is 17.0 Å². The van der Waals surface area contributed by atoms with Gasteiger partial charge in [-0.05, 0) is 12.8 Å². The zero-order valence-corrected chi connectivity index (χ0v) is 6.22. The van der Waals surface area contributed by atoms with E-state index in [4.69, 9.17) is 5.11 Å². The van der Waals surface area contributed by atoms with Gasteiger partial charge in [-0.25, -0.2) is 0 Å². The predicted octanol–water partition coefficient (Wildman–Crippen LogP) is 0.982. The lowest BCUT2D eigenvalue weighted by Crippen LogP contribution is -2.17. The van der Waals surface area contributed by atoms with E-state index < -0.39 is 6.10 Å². The number of carbonyl (C=O) groups excluding carboxylic acids is 1. The average molecular weight is 130 g/mol. The van der Waals surface area contributed by atoms with Crippen LogP contribution in [0.3, 0.4) is 0 Å². The van der Waals surface area contributed by atoms with Crippen molar-refractivity contribution < 1.29 is 9.90 Å². The molecular formula is C7H14O2. The van der Waals surface area contributed by atoms with E-state index in [1.807, 2.05) is 13.8 Å². The van der Waals surface area contributed by atoms with Crippen molar-refractivity contribution in [3.63, 3.8) is 0 Å². The lowest BCUT2D eigenvalue weighted by Gasteiger charge is -2.04. The molecule has 0 heterocycles. The molecule has 9 heavy (non-hydrogen) atoms. The Balaban J connectivity index is 3.51. The molecule has 0 aliphatic rings. The maximum Gasteiger partial charge on any atom is 0.161 e. The molecule has 0 bridgehead atoms. The van der Waals surface area contributed by atoms with Crippen LogP contribution < -0.4 is 0 Å².